The topological polar surface area (TPSA) is 73.1 Å². The van der Waals surface area contributed by atoms with Crippen LogP contribution in [0.4, 0.5) is 18.9 Å². The number of nitrogens with zero attached hydrogens (tertiary/aromatic N) is 2. The first-order valence-corrected chi connectivity index (χ1v) is 6.72. The molecule has 0 atom stereocenters. The van der Waals surface area contributed by atoms with Crippen molar-refractivity contribution in [2.75, 3.05) is 11.9 Å². The molecule has 0 spiro atoms. The van der Waals surface area contributed by atoms with Crippen molar-refractivity contribution in [3.05, 3.63) is 58.9 Å². The van der Waals surface area contributed by atoms with E-state index in [2.05, 4.69) is 15.3 Å². The van der Waals surface area contributed by atoms with Gasteiger partial charge in [-0.15, -0.1) is 0 Å². The lowest BCUT2D eigenvalue weighted by atomic mass is 10.2. The lowest BCUT2D eigenvalue weighted by Crippen LogP contribution is -2.12. The van der Waals surface area contributed by atoms with Crippen molar-refractivity contribution >= 4 is 17.3 Å². The number of benzene rings is 1. The second-order valence-electron chi connectivity index (χ2n) is 4.37. The fraction of sp³-hybridized carbons (Fsp3) is 0.143. The highest BCUT2D eigenvalue weighted by Gasteiger charge is 2.13. The van der Waals surface area contributed by atoms with Crippen molar-refractivity contribution in [1.29, 1.82) is 0 Å². The van der Waals surface area contributed by atoms with Gasteiger partial charge in [0.15, 0.2) is 0 Å². The maximum absolute atomic E-state index is 13.2. The number of hydrogen-bond acceptors (Lipinski definition) is 5. The predicted molar refractivity (Wildman–Crippen MR) is 79.8 cm³/mol. The average molecular weight is 345 g/mol. The molecular weight excluding hydrogens is 333 g/mol. The Bertz CT molecular complexity index is 695. The van der Waals surface area contributed by atoms with E-state index in [0.29, 0.717) is 5.02 Å². The summed E-state index contributed by atoms with van der Waals surface area (Å²) in [5, 5.41) is 3.05. The zero-order valence-corrected chi connectivity index (χ0v) is 12.4. The van der Waals surface area contributed by atoms with Crippen molar-refractivity contribution < 1.29 is 17.9 Å². The van der Waals surface area contributed by atoms with Crippen molar-refractivity contribution in [3.63, 3.8) is 0 Å². The molecule has 1 aromatic heterocycles. The summed E-state index contributed by atoms with van der Waals surface area (Å²) in [7, 11) is 0. The van der Waals surface area contributed by atoms with Gasteiger partial charge in [-0.2, -0.15) is 0 Å². The zero-order chi connectivity index (χ0) is 16.8. The number of nitrogens with one attached hydrogen (secondary N) is 1. The Labute approximate surface area is 135 Å². The maximum Gasteiger partial charge on any atom is 0.316 e. The van der Waals surface area contributed by atoms with E-state index in [1.54, 1.807) is 0 Å². The number of ether oxygens (including phenoxy) is 1. The molecule has 0 saturated carbocycles. The largest absolute Gasteiger partial charge is 0.457 e. The quantitative estimate of drug-likeness (QED) is 0.839. The van der Waals surface area contributed by atoms with Crippen LogP contribution < -0.4 is 15.8 Å². The Morgan fingerprint density at radius 2 is 2.04 bits per heavy atom. The van der Waals surface area contributed by atoms with E-state index in [-0.39, 0.29) is 24.0 Å². The first-order valence-electron chi connectivity index (χ1n) is 6.34. The lowest BCUT2D eigenvalue weighted by molar-refractivity contribution is 0.146. The van der Waals surface area contributed by atoms with Gasteiger partial charge in [0.05, 0.1) is 28.7 Å². The number of anilines is 1. The van der Waals surface area contributed by atoms with E-state index in [9.17, 15) is 13.2 Å². The molecule has 122 valence electrons. The Hall–Kier alpha value is -2.48. The van der Waals surface area contributed by atoms with Gasteiger partial charge in [-0.1, -0.05) is 11.6 Å². The minimum Gasteiger partial charge on any atom is -0.457 e. The third-order valence-electron chi connectivity index (χ3n) is 2.62. The summed E-state index contributed by atoms with van der Waals surface area (Å²) in [6.45, 7) is -0.0302. The van der Waals surface area contributed by atoms with Crippen LogP contribution in [0.25, 0.3) is 0 Å². The highest BCUT2D eigenvalue weighted by molar-refractivity contribution is 6.30. The molecule has 0 unspecified atom stereocenters. The fourth-order valence-corrected chi connectivity index (χ4v) is 1.64. The minimum atomic E-state index is -2.90. The first-order chi connectivity index (χ1) is 11.0. The Morgan fingerprint density at radius 3 is 2.70 bits per heavy atom. The Balaban J connectivity index is 1.94. The van der Waals surface area contributed by atoms with Crippen LogP contribution >= 0.6 is 11.6 Å². The van der Waals surface area contributed by atoms with E-state index < -0.39 is 17.8 Å². The fourth-order valence-electron chi connectivity index (χ4n) is 1.54. The third-order valence-corrected chi connectivity index (χ3v) is 2.82. The molecule has 0 aliphatic carbocycles. The van der Waals surface area contributed by atoms with Crippen LogP contribution in [0.3, 0.4) is 0 Å². The summed E-state index contributed by atoms with van der Waals surface area (Å²) >= 11 is 5.63. The Kier molecular flexibility index (Phi) is 5.64. The molecule has 2 rings (SSSR count). The van der Waals surface area contributed by atoms with E-state index in [1.165, 1.54) is 24.7 Å². The molecule has 23 heavy (non-hydrogen) atoms. The number of hydrogen-bond donors (Lipinski definition) is 2. The molecule has 1 aromatic carbocycles. The van der Waals surface area contributed by atoms with Gasteiger partial charge in [0.2, 0.25) is 0 Å². The lowest BCUT2D eigenvalue weighted by Gasteiger charge is -2.08. The smallest absolute Gasteiger partial charge is 0.316 e. The molecule has 5 nitrogen and oxygen atoms in total. The van der Waals surface area contributed by atoms with Crippen LogP contribution in [0, 0.1) is 5.82 Å². The summed E-state index contributed by atoms with van der Waals surface area (Å²) in [5.74, 6) is -0.967. The summed E-state index contributed by atoms with van der Waals surface area (Å²) in [4.78, 5) is 7.63. The molecule has 0 fully saturated rings. The van der Waals surface area contributed by atoms with Crippen LogP contribution in [-0.2, 0) is 0 Å². The second-order valence-corrected chi connectivity index (χ2v) is 4.81. The van der Waals surface area contributed by atoms with Crippen LogP contribution in [0.2, 0.25) is 5.02 Å². The van der Waals surface area contributed by atoms with Gasteiger partial charge in [-0.25, -0.2) is 23.1 Å². The maximum atomic E-state index is 13.2. The standard InChI is InChI=1S/C14H12ClF3N4O/c15-8-4-21-14(22-5-8)23-7-9(19)6-20-10-1-2-12(16)11(3-10)13(17)18/h1-6,13,20H,7,19H2/b9-6-. The number of halogens is 4. The van der Waals surface area contributed by atoms with E-state index >= 15 is 0 Å². The van der Waals surface area contributed by atoms with Gasteiger partial charge in [0, 0.05) is 11.9 Å². The van der Waals surface area contributed by atoms with Crippen molar-refractivity contribution in [2.45, 2.75) is 6.43 Å². The third kappa shape index (κ3) is 5.03. The number of alkyl halides is 2. The molecule has 2 aromatic rings. The SMILES string of the molecule is N/C(=C\Nc1ccc(F)c(C(F)F)c1)COc1ncc(Cl)cn1. The molecule has 1 heterocycles. The number of aromatic nitrogens is 2. The molecule has 0 radical (unpaired) electrons. The van der Waals surface area contributed by atoms with Crippen molar-refractivity contribution in [2.24, 2.45) is 5.73 Å². The predicted octanol–water partition coefficient (Wildman–Crippen LogP) is 3.50. The highest BCUT2D eigenvalue weighted by atomic mass is 35.5. The van der Waals surface area contributed by atoms with Crippen LogP contribution in [0.1, 0.15) is 12.0 Å². The summed E-state index contributed by atoms with van der Waals surface area (Å²) in [5.41, 5.74) is 5.54. The van der Waals surface area contributed by atoms with Crippen molar-refractivity contribution in [3.8, 4) is 6.01 Å². The zero-order valence-electron chi connectivity index (χ0n) is 11.6. The molecule has 0 saturated heterocycles. The molecule has 0 amide bonds. The first kappa shape index (κ1) is 16.9. The molecule has 0 aliphatic heterocycles. The second kappa shape index (κ2) is 7.68. The van der Waals surface area contributed by atoms with Gasteiger partial charge >= 0.3 is 6.01 Å². The van der Waals surface area contributed by atoms with Gasteiger partial charge in [-0.05, 0) is 18.2 Å². The van der Waals surface area contributed by atoms with Gasteiger partial charge in [-0.3, -0.25) is 0 Å². The minimum absolute atomic E-state index is 0.0302. The molecule has 9 heteroatoms. The summed E-state index contributed by atoms with van der Waals surface area (Å²) in [6, 6.07) is 3.36. The number of nitrogens with two attached hydrogens (primary N) is 1. The van der Waals surface area contributed by atoms with Crippen LogP contribution in [0.5, 0.6) is 6.01 Å². The van der Waals surface area contributed by atoms with E-state index in [4.69, 9.17) is 22.1 Å². The van der Waals surface area contributed by atoms with Crippen LogP contribution in [0.15, 0.2) is 42.5 Å². The normalized spacial score (nSPS) is 11.6. The monoisotopic (exact) mass is 344 g/mol. The van der Waals surface area contributed by atoms with E-state index in [0.717, 1.165) is 12.1 Å². The highest BCUT2D eigenvalue weighted by Crippen LogP contribution is 2.25. The van der Waals surface area contributed by atoms with Gasteiger partial charge in [0.25, 0.3) is 6.43 Å². The molecule has 0 bridgehead atoms. The van der Waals surface area contributed by atoms with Crippen LogP contribution in [-0.4, -0.2) is 16.6 Å². The molecular formula is C14H12ClF3N4O. The Morgan fingerprint density at radius 1 is 1.35 bits per heavy atom. The van der Waals surface area contributed by atoms with Gasteiger partial charge < -0.3 is 15.8 Å². The van der Waals surface area contributed by atoms with E-state index in [1.807, 2.05) is 0 Å². The summed E-state index contributed by atoms with van der Waals surface area (Å²) in [6.07, 6.45) is 1.18. The van der Waals surface area contributed by atoms with Crippen molar-refractivity contribution in [1.82, 2.24) is 9.97 Å². The average Bonchev–Trinajstić information content (AvgIpc) is 2.53. The number of rotatable bonds is 6. The van der Waals surface area contributed by atoms with Gasteiger partial charge in [0.1, 0.15) is 12.4 Å². The molecule has 3 N–H and O–H groups in total. The molecule has 0 aliphatic rings. The summed E-state index contributed by atoms with van der Waals surface area (Å²) < 4.78 is 43.5.